The molecule has 2 N–H and O–H groups in total. The quantitative estimate of drug-likeness (QED) is 0.743. The molecule has 0 spiro atoms. The van der Waals surface area contributed by atoms with Crippen molar-refractivity contribution >= 4 is 11.7 Å². The summed E-state index contributed by atoms with van der Waals surface area (Å²) in [5.74, 6) is 0.668. The van der Waals surface area contributed by atoms with E-state index in [1.165, 1.54) is 12.1 Å². The fourth-order valence-corrected chi connectivity index (χ4v) is 5.18. The van der Waals surface area contributed by atoms with Gasteiger partial charge in [-0.15, -0.1) is 5.10 Å². The Kier molecular flexibility index (Phi) is 7.01. The minimum absolute atomic E-state index is 0.197. The molecule has 4 rings (SSSR count). The van der Waals surface area contributed by atoms with Crippen LogP contribution in [0.15, 0.2) is 36.5 Å². The van der Waals surface area contributed by atoms with E-state index < -0.39 is 0 Å². The monoisotopic (exact) mass is 440 g/mol. The normalized spacial score (nSPS) is 23.3. The Hall–Kier alpha value is -2.58. The van der Waals surface area contributed by atoms with Crippen molar-refractivity contribution in [3.63, 3.8) is 0 Å². The van der Waals surface area contributed by atoms with E-state index in [0.717, 1.165) is 68.8 Å². The molecule has 1 aromatic heterocycles. The van der Waals surface area contributed by atoms with E-state index in [1.54, 1.807) is 18.3 Å². The van der Waals surface area contributed by atoms with Gasteiger partial charge in [-0.1, -0.05) is 12.1 Å². The van der Waals surface area contributed by atoms with Gasteiger partial charge in [-0.05, 0) is 69.5 Å². The average Bonchev–Trinajstić information content (AvgIpc) is 2.80. The van der Waals surface area contributed by atoms with Crippen molar-refractivity contribution in [1.29, 1.82) is 0 Å². The molecular weight excluding hydrogens is 407 g/mol. The van der Waals surface area contributed by atoms with Gasteiger partial charge in [-0.3, -0.25) is 9.69 Å². The van der Waals surface area contributed by atoms with E-state index in [2.05, 4.69) is 39.0 Å². The number of carbonyl (C=O) groups is 1. The summed E-state index contributed by atoms with van der Waals surface area (Å²) in [4.78, 5) is 19.1. The lowest BCUT2D eigenvalue weighted by molar-refractivity contribution is -0.126. The first kappa shape index (κ1) is 22.6. The van der Waals surface area contributed by atoms with Crippen LogP contribution in [0.1, 0.15) is 25.7 Å². The first-order valence-corrected chi connectivity index (χ1v) is 11.5. The Balaban J connectivity index is 1.39. The van der Waals surface area contributed by atoms with Crippen LogP contribution in [0.4, 0.5) is 10.2 Å². The fourth-order valence-electron chi connectivity index (χ4n) is 5.18. The molecule has 1 aliphatic carbocycles. The number of halogens is 1. The molecule has 1 atom stereocenters. The Bertz CT molecular complexity index is 905. The summed E-state index contributed by atoms with van der Waals surface area (Å²) >= 11 is 0. The average molecular weight is 441 g/mol. The highest BCUT2D eigenvalue weighted by Gasteiger charge is 2.36. The number of anilines is 1. The number of carbonyl (C=O) groups excluding carboxylic acids is 1. The Morgan fingerprint density at radius 3 is 2.31 bits per heavy atom. The van der Waals surface area contributed by atoms with Crippen LogP contribution in [-0.4, -0.2) is 78.3 Å². The van der Waals surface area contributed by atoms with Crippen LogP contribution in [0.2, 0.25) is 0 Å². The molecule has 7 nitrogen and oxygen atoms in total. The topological polar surface area (TPSA) is 78.6 Å². The van der Waals surface area contributed by atoms with E-state index in [0.29, 0.717) is 12.0 Å². The number of nitrogens with zero attached hydrogens (tertiary/aromatic N) is 5. The maximum Gasteiger partial charge on any atom is 0.235 e. The van der Waals surface area contributed by atoms with Gasteiger partial charge in [0.1, 0.15) is 5.82 Å². The molecular formula is C24H33FN6O. The van der Waals surface area contributed by atoms with Crippen LogP contribution in [-0.2, 0) is 4.79 Å². The molecule has 2 fully saturated rings. The molecule has 1 aromatic carbocycles. The number of benzene rings is 1. The SMILES string of the molecule is CN(C)C1CCC(C(C(N)=O)N2CCN(c3cc(-c4ccc(F)cc4)cnn3)CC2)CC1. The van der Waals surface area contributed by atoms with Gasteiger partial charge in [0, 0.05) is 37.8 Å². The predicted molar refractivity (Wildman–Crippen MR) is 124 cm³/mol. The molecule has 172 valence electrons. The van der Waals surface area contributed by atoms with E-state index in [-0.39, 0.29) is 17.8 Å². The first-order valence-electron chi connectivity index (χ1n) is 11.5. The van der Waals surface area contributed by atoms with Gasteiger partial charge in [0.05, 0.1) is 12.2 Å². The third-order valence-corrected chi connectivity index (χ3v) is 7.06. The highest BCUT2D eigenvalue weighted by molar-refractivity contribution is 5.80. The Labute approximate surface area is 189 Å². The van der Waals surface area contributed by atoms with Crippen LogP contribution in [0.25, 0.3) is 11.1 Å². The molecule has 1 amide bonds. The maximum absolute atomic E-state index is 13.2. The number of amides is 1. The summed E-state index contributed by atoms with van der Waals surface area (Å²) in [7, 11) is 4.26. The molecule has 8 heteroatoms. The minimum Gasteiger partial charge on any atom is -0.368 e. The zero-order valence-electron chi connectivity index (χ0n) is 19.0. The second-order valence-corrected chi connectivity index (χ2v) is 9.21. The Morgan fingerprint density at radius 1 is 1.06 bits per heavy atom. The third-order valence-electron chi connectivity index (χ3n) is 7.06. The first-order chi connectivity index (χ1) is 15.4. The standard InChI is InChI=1S/C24H33FN6O/c1-29(2)21-9-5-18(6-10-21)23(24(26)32)31-13-11-30(12-14-31)22-15-19(16-27-28-22)17-3-7-20(25)8-4-17/h3-4,7-8,15-16,18,21,23H,5-6,9-14H2,1-2H3,(H2,26,32). The summed E-state index contributed by atoms with van der Waals surface area (Å²) in [6.07, 6.45) is 6.02. The van der Waals surface area contributed by atoms with Crippen molar-refractivity contribution < 1.29 is 9.18 Å². The van der Waals surface area contributed by atoms with Gasteiger partial charge in [0.25, 0.3) is 0 Å². The molecule has 2 aromatic rings. The molecule has 32 heavy (non-hydrogen) atoms. The smallest absolute Gasteiger partial charge is 0.235 e. The van der Waals surface area contributed by atoms with Crippen molar-refractivity contribution in [3.8, 4) is 11.1 Å². The zero-order chi connectivity index (χ0) is 22.7. The second kappa shape index (κ2) is 9.92. The molecule has 0 radical (unpaired) electrons. The second-order valence-electron chi connectivity index (χ2n) is 9.21. The Morgan fingerprint density at radius 2 is 1.72 bits per heavy atom. The number of hydrogen-bond acceptors (Lipinski definition) is 6. The summed E-state index contributed by atoms with van der Waals surface area (Å²) in [5.41, 5.74) is 7.69. The van der Waals surface area contributed by atoms with Crippen LogP contribution in [0.5, 0.6) is 0 Å². The van der Waals surface area contributed by atoms with Crippen molar-refractivity contribution in [2.24, 2.45) is 11.7 Å². The van der Waals surface area contributed by atoms with Gasteiger partial charge in [-0.2, -0.15) is 5.10 Å². The summed E-state index contributed by atoms with van der Waals surface area (Å²) in [5, 5.41) is 8.47. The van der Waals surface area contributed by atoms with Crippen LogP contribution in [0.3, 0.4) is 0 Å². The van der Waals surface area contributed by atoms with E-state index in [4.69, 9.17) is 5.73 Å². The van der Waals surface area contributed by atoms with E-state index >= 15 is 0 Å². The van der Waals surface area contributed by atoms with Gasteiger partial charge in [-0.25, -0.2) is 4.39 Å². The van der Waals surface area contributed by atoms with Crippen molar-refractivity contribution in [1.82, 2.24) is 20.0 Å². The zero-order valence-corrected chi connectivity index (χ0v) is 19.0. The van der Waals surface area contributed by atoms with Gasteiger partial charge >= 0.3 is 0 Å². The van der Waals surface area contributed by atoms with Crippen molar-refractivity contribution in [2.75, 3.05) is 45.2 Å². The maximum atomic E-state index is 13.2. The third kappa shape index (κ3) is 5.07. The van der Waals surface area contributed by atoms with E-state index in [9.17, 15) is 9.18 Å². The van der Waals surface area contributed by atoms with Gasteiger partial charge in [0.2, 0.25) is 5.91 Å². The highest BCUT2D eigenvalue weighted by atomic mass is 19.1. The number of primary amides is 1. The molecule has 0 bridgehead atoms. The lowest BCUT2D eigenvalue weighted by Gasteiger charge is -2.43. The highest BCUT2D eigenvalue weighted by Crippen LogP contribution is 2.32. The molecule has 1 aliphatic heterocycles. The number of aromatic nitrogens is 2. The van der Waals surface area contributed by atoms with Gasteiger partial charge in [0.15, 0.2) is 5.82 Å². The van der Waals surface area contributed by atoms with E-state index in [1.807, 2.05) is 6.07 Å². The summed E-state index contributed by atoms with van der Waals surface area (Å²) in [6.45, 7) is 3.06. The molecule has 1 saturated carbocycles. The van der Waals surface area contributed by atoms with Crippen LogP contribution < -0.4 is 10.6 Å². The summed E-state index contributed by atoms with van der Waals surface area (Å²) in [6, 6.07) is 8.78. The number of nitrogens with two attached hydrogens (primary N) is 1. The molecule has 1 unspecified atom stereocenters. The molecule has 1 saturated heterocycles. The summed E-state index contributed by atoms with van der Waals surface area (Å²) < 4.78 is 13.2. The molecule has 2 heterocycles. The number of piperazine rings is 1. The largest absolute Gasteiger partial charge is 0.368 e. The lowest BCUT2D eigenvalue weighted by Crippen LogP contribution is -2.57. The van der Waals surface area contributed by atoms with Gasteiger partial charge < -0.3 is 15.5 Å². The number of hydrogen-bond donors (Lipinski definition) is 1. The minimum atomic E-state index is -0.258. The fraction of sp³-hybridized carbons (Fsp3) is 0.542. The predicted octanol–water partition coefficient (Wildman–Crippen LogP) is 2.38. The van der Waals surface area contributed by atoms with Crippen molar-refractivity contribution in [3.05, 3.63) is 42.3 Å². The van der Waals surface area contributed by atoms with Crippen molar-refractivity contribution in [2.45, 2.75) is 37.8 Å². The lowest BCUT2D eigenvalue weighted by atomic mass is 9.80. The number of rotatable bonds is 6. The van der Waals surface area contributed by atoms with Crippen LogP contribution >= 0.6 is 0 Å². The van der Waals surface area contributed by atoms with Crippen LogP contribution in [0, 0.1) is 11.7 Å². The molecule has 2 aliphatic rings.